The van der Waals surface area contributed by atoms with Gasteiger partial charge >= 0.3 is 17.9 Å². The zero-order valence-electron chi connectivity index (χ0n) is 17.9. The third-order valence-electron chi connectivity index (χ3n) is 4.20. The van der Waals surface area contributed by atoms with Crippen LogP contribution < -0.4 is 10.1 Å². The summed E-state index contributed by atoms with van der Waals surface area (Å²) in [5.74, 6) is -2.52. The number of carbonyl (C=O) groups excluding carboxylic acids is 5. The summed E-state index contributed by atoms with van der Waals surface area (Å²) in [6.45, 7) is 4.34. The molecule has 2 rings (SSSR count). The molecule has 1 N–H and O–H groups in total. The van der Waals surface area contributed by atoms with Gasteiger partial charge in [0, 0.05) is 45.5 Å². The lowest BCUT2D eigenvalue weighted by atomic mass is 9.96. The van der Waals surface area contributed by atoms with Gasteiger partial charge < -0.3 is 29.0 Å². The van der Waals surface area contributed by atoms with Crippen LogP contribution in [-0.4, -0.2) is 72.3 Å². The minimum absolute atomic E-state index is 0.0368. The summed E-state index contributed by atoms with van der Waals surface area (Å²) < 4.78 is 27.2. The molecule has 5 atom stereocenters. The van der Waals surface area contributed by atoms with Crippen LogP contribution in [0.4, 0.5) is 0 Å². The molecule has 12 nitrogen and oxygen atoms in total. The number of ether oxygens (including phenoxy) is 5. The van der Waals surface area contributed by atoms with Crippen LogP contribution in [0.15, 0.2) is 18.3 Å². The maximum atomic E-state index is 11.9. The van der Waals surface area contributed by atoms with Gasteiger partial charge in [-0.1, -0.05) is 0 Å². The number of hydrogen-bond acceptors (Lipinski definition) is 11. The number of nitrogens with one attached hydrogen (secondary N) is 1. The number of hydrogen-bond donors (Lipinski definition) is 1. The second kappa shape index (κ2) is 11.2. The molecular formula is C20H24N2O10. The zero-order chi connectivity index (χ0) is 23.8. The van der Waals surface area contributed by atoms with E-state index < -0.39 is 54.5 Å². The third-order valence-corrected chi connectivity index (χ3v) is 4.20. The van der Waals surface area contributed by atoms with Crippen LogP contribution in [0.3, 0.4) is 0 Å². The smallest absolute Gasteiger partial charge is 0.303 e. The van der Waals surface area contributed by atoms with Crippen molar-refractivity contribution in [3.8, 4) is 5.88 Å². The summed E-state index contributed by atoms with van der Waals surface area (Å²) in [7, 11) is 0. The lowest BCUT2D eigenvalue weighted by Gasteiger charge is -2.44. The Balaban J connectivity index is 2.43. The van der Waals surface area contributed by atoms with Crippen LogP contribution in [0, 0.1) is 0 Å². The molecule has 174 valence electrons. The first-order chi connectivity index (χ1) is 15.1. The summed E-state index contributed by atoms with van der Waals surface area (Å²) in [6.07, 6.45) is -2.99. The summed E-state index contributed by atoms with van der Waals surface area (Å²) in [5.41, 5.74) is 0.306. The fourth-order valence-corrected chi connectivity index (χ4v) is 3.04. The van der Waals surface area contributed by atoms with Gasteiger partial charge in [0.15, 0.2) is 18.5 Å². The van der Waals surface area contributed by atoms with Crippen molar-refractivity contribution in [2.75, 3.05) is 6.61 Å². The molecule has 0 bridgehead atoms. The molecular weight excluding hydrogens is 428 g/mol. The minimum Gasteiger partial charge on any atom is -0.463 e. The highest BCUT2D eigenvalue weighted by Crippen LogP contribution is 2.28. The zero-order valence-corrected chi connectivity index (χ0v) is 17.9. The van der Waals surface area contributed by atoms with Gasteiger partial charge in [-0.3, -0.25) is 24.0 Å². The lowest BCUT2D eigenvalue weighted by Crippen LogP contribution is -2.67. The molecule has 1 saturated heterocycles. The van der Waals surface area contributed by atoms with Crippen LogP contribution in [-0.2, 0) is 38.1 Å². The molecule has 1 amide bonds. The van der Waals surface area contributed by atoms with E-state index in [9.17, 15) is 24.0 Å². The van der Waals surface area contributed by atoms with E-state index >= 15 is 0 Å². The number of nitrogens with zero attached hydrogens (tertiary/aromatic N) is 1. The van der Waals surface area contributed by atoms with Crippen molar-refractivity contribution in [2.45, 2.75) is 58.3 Å². The Bertz CT molecular complexity index is 856. The van der Waals surface area contributed by atoms with Gasteiger partial charge in [0.25, 0.3) is 0 Å². The first kappa shape index (κ1) is 24.7. The average Bonchev–Trinajstić information content (AvgIpc) is 2.70. The van der Waals surface area contributed by atoms with Gasteiger partial charge in [-0.05, 0) is 6.07 Å². The van der Waals surface area contributed by atoms with Crippen LogP contribution in [0.25, 0.3) is 0 Å². The van der Waals surface area contributed by atoms with E-state index in [4.69, 9.17) is 23.7 Å². The van der Waals surface area contributed by atoms with Gasteiger partial charge in [-0.2, -0.15) is 0 Å². The van der Waals surface area contributed by atoms with E-state index in [2.05, 4.69) is 10.3 Å². The molecule has 1 aromatic rings. The summed E-state index contributed by atoms with van der Waals surface area (Å²) in [4.78, 5) is 61.5. The number of aromatic nitrogens is 1. The van der Waals surface area contributed by atoms with Crippen molar-refractivity contribution in [1.82, 2.24) is 10.3 Å². The van der Waals surface area contributed by atoms with Gasteiger partial charge in [0.05, 0.1) is 0 Å². The largest absolute Gasteiger partial charge is 0.463 e. The van der Waals surface area contributed by atoms with E-state index in [1.54, 1.807) is 0 Å². The predicted octanol–water partition coefficient (Wildman–Crippen LogP) is -0.0710. The number of rotatable bonds is 8. The molecule has 0 unspecified atom stereocenters. The SMILES string of the molecule is CC(=O)N[C@H]1[C@H](Oc2ccc(C=O)cn2)O[C@H](COC(C)=O)[C@H](OC(C)=O)[C@@H]1OC(C)=O. The number of aldehydes is 1. The van der Waals surface area contributed by atoms with Gasteiger partial charge in [-0.25, -0.2) is 4.98 Å². The first-order valence-corrected chi connectivity index (χ1v) is 9.59. The molecule has 0 aromatic carbocycles. The Labute approximate surface area is 183 Å². The second-order valence-corrected chi connectivity index (χ2v) is 6.89. The van der Waals surface area contributed by atoms with E-state index in [1.807, 2.05) is 0 Å². The van der Waals surface area contributed by atoms with Crippen molar-refractivity contribution in [2.24, 2.45) is 0 Å². The summed E-state index contributed by atoms with van der Waals surface area (Å²) >= 11 is 0. The Kier molecular flexibility index (Phi) is 8.64. The fourth-order valence-electron chi connectivity index (χ4n) is 3.04. The Morgan fingerprint density at radius 3 is 2.19 bits per heavy atom. The van der Waals surface area contributed by atoms with E-state index in [-0.39, 0.29) is 12.5 Å². The normalized spacial score (nSPS) is 24.6. The molecule has 12 heteroatoms. The number of carbonyl (C=O) groups is 5. The molecule has 0 radical (unpaired) electrons. The van der Waals surface area contributed by atoms with Crippen LogP contribution in [0.2, 0.25) is 0 Å². The average molecular weight is 452 g/mol. The number of pyridine rings is 1. The highest BCUT2D eigenvalue weighted by atomic mass is 16.7. The van der Waals surface area contributed by atoms with Crippen molar-refractivity contribution in [1.29, 1.82) is 0 Å². The van der Waals surface area contributed by atoms with Gasteiger partial charge in [0.1, 0.15) is 18.8 Å². The molecule has 1 aromatic heterocycles. The Morgan fingerprint density at radius 1 is 1.03 bits per heavy atom. The molecule has 0 aliphatic carbocycles. The van der Waals surface area contributed by atoms with Crippen molar-refractivity contribution < 1.29 is 47.7 Å². The van der Waals surface area contributed by atoms with Crippen molar-refractivity contribution in [3.05, 3.63) is 23.9 Å². The predicted molar refractivity (Wildman–Crippen MR) is 104 cm³/mol. The quantitative estimate of drug-likeness (QED) is 0.320. The number of esters is 3. The molecule has 1 fully saturated rings. The maximum Gasteiger partial charge on any atom is 0.303 e. The molecule has 0 saturated carbocycles. The standard InChI is InChI=1S/C20H24N2O10/c1-10(24)22-17-19(30-13(4)27)18(29-12(3)26)15(9-28-11(2)25)31-20(17)32-16-6-5-14(8-23)7-21-16/h5-8,15,17-20H,9H2,1-4H3,(H,22,24)/t15-,17-,18+,19-,20+/m1/s1. The molecule has 32 heavy (non-hydrogen) atoms. The fraction of sp³-hybridized carbons (Fsp3) is 0.500. The molecule has 1 aliphatic heterocycles. The Hall–Kier alpha value is -3.54. The maximum absolute atomic E-state index is 11.9. The first-order valence-electron chi connectivity index (χ1n) is 9.59. The highest BCUT2D eigenvalue weighted by Gasteiger charge is 2.52. The van der Waals surface area contributed by atoms with E-state index in [0.717, 1.165) is 13.8 Å². The van der Waals surface area contributed by atoms with Gasteiger partial charge in [-0.15, -0.1) is 0 Å². The third kappa shape index (κ3) is 7.01. The highest BCUT2D eigenvalue weighted by molar-refractivity contribution is 5.74. The second-order valence-electron chi connectivity index (χ2n) is 6.89. The Morgan fingerprint density at radius 2 is 1.69 bits per heavy atom. The van der Waals surface area contributed by atoms with E-state index in [1.165, 1.54) is 32.2 Å². The summed E-state index contributed by atoms with van der Waals surface area (Å²) in [6, 6.07) is 1.73. The lowest BCUT2D eigenvalue weighted by molar-refractivity contribution is -0.257. The topological polar surface area (TPSA) is 156 Å². The van der Waals surface area contributed by atoms with Gasteiger partial charge in [0.2, 0.25) is 18.1 Å². The van der Waals surface area contributed by atoms with Crippen molar-refractivity contribution >= 4 is 30.1 Å². The minimum atomic E-state index is -1.29. The molecule has 1 aliphatic rings. The monoisotopic (exact) mass is 452 g/mol. The van der Waals surface area contributed by atoms with Crippen molar-refractivity contribution in [3.63, 3.8) is 0 Å². The van der Waals surface area contributed by atoms with Crippen LogP contribution >= 0.6 is 0 Å². The molecule has 0 spiro atoms. The molecule has 2 heterocycles. The summed E-state index contributed by atoms with van der Waals surface area (Å²) in [5, 5.41) is 2.57. The number of amides is 1. The van der Waals surface area contributed by atoms with Crippen LogP contribution in [0.5, 0.6) is 5.88 Å². The van der Waals surface area contributed by atoms with E-state index in [0.29, 0.717) is 11.8 Å². The van der Waals surface area contributed by atoms with Crippen LogP contribution in [0.1, 0.15) is 38.1 Å².